The summed E-state index contributed by atoms with van der Waals surface area (Å²) in [5, 5.41) is 0. The highest BCUT2D eigenvalue weighted by Crippen LogP contribution is 2.33. The van der Waals surface area contributed by atoms with E-state index in [9.17, 15) is 9.59 Å². The van der Waals surface area contributed by atoms with E-state index in [1.54, 1.807) is 0 Å². The molecule has 292 valence electrons. The van der Waals surface area contributed by atoms with Gasteiger partial charge in [0.05, 0.1) is 32.2 Å². The average molecular weight is 712 g/mol. The van der Waals surface area contributed by atoms with Crippen LogP contribution < -0.4 is 0 Å². The van der Waals surface area contributed by atoms with E-state index in [2.05, 4.69) is 42.5 Å². The second-order valence-electron chi connectivity index (χ2n) is 15.3. The second-order valence-corrected chi connectivity index (χ2v) is 15.3. The van der Waals surface area contributed by atoms with E-state index in [4.69, 9.17) is 14.2 Å². The van der Waals surface area contributed by atoms with Crippen molar-refractivity contribution >= 4 is 11.9 Å². The zero-order chi connectivity index (χ0) is 36.6. The molecule has 2 heterocycles. The van der Waals surface area contributed by atoms with Crippen LogP contribution >= 0.6 is 0 Å². The number of allylic oxidation sites excluding steroid dienone is 1. The molecule has 2 aliphatic rings. The topological polar surface area (TPSA) is 65.1 Å². The summed E-state index contributed by atoms with van der Waals surface area (Å²) in [6.45, 7) is 13.6. The van der Waals surface area contributed by atoms with E-state index in [0.717, 1.165) is 95.7 Å². The minimum Gasteiger partial charge on any atom is -0.466 e. The Morgan fingerprint density at radius 2 is 1.16 bits per heavy atom. The standard InChI is InChI=1S/C45H77NO5/c1-4-7-18-27-40-38-44(47)50-35-24-16-12-10-14-20-29-42(49-37-26-34-46-32-22-23-33-46)30-21-15-11-13-17-25-36-51-45(48)39-41(28-19-8-5-2)43(40)31-9-6-3/h40-42H,3-5,7-8,10-30,32-39H2,1-2H3. The van der Waals surface area contributed by atoms with Gasteiger partial charge in [0, 0.05) is 13.2 Å². The fourth-order valence-electron chi connectivity index (χ4n) is 7.78. The lowest BCUT2D eigenvalue weighted by molar-refractivity contribution is -0.145. The van der Waals surface area contributed by atoms with Crippen molar-refractivity contribution in [3.05, 3.63) is 29.3 Å². The van der Waals surface area contributed by atoms with Gasteiger partial charge >= 0.3 is 11.9 Å². The highest BCUT2D eigenvalue weighted by atomic mass is 16.5. The fraction of sp³-hybridized carbons (Fsp3) is 0.844. The van der Waals surface area contributed by atoms with Crippen molar-refractivity contribution < 1.29 is 23.8 Å². The van der Waals surface area contributed by atoms with E-state index in [1.165, 1.54) is 96.7 Å². The molecule has 0 radical (unpaired) electrons. The Hall–Kier alpha value is -2.06. The lowest BCUT2D eigenvalue weighted by atomic mass is 9.79. The Bertz CT molecular complexity index is 964. The molecule has 0 amide bonds. The Morgan fingerprint density at radius 1 is 0.667 bits per heavy atom. The SMILES string of the molecule is C=C=C=C=C1C(CCCCC)CC(=O)OCCCCCCCCC(OCCCN2CCCC2)CCCCCCCCOC(=O)CC1CCCCC. The molecule has 0 bridgehead atoms. The van der Waals surface area contributed by atoms with Crippen LogP contribution in [-0.4, -0.2) is 62.4 Å². The third-order valence-electron chi connectivity index (χ3n) is 10.9. The predicted octanol–water partition coefficient (Wildman–Crippen LogP) is 11.6. The number of unbranched alkanes of at least 4 members (excludes halogenated alkanes) is 4. The van der Waals surface area contributed by atoms with Crippen molar-refractivity contribution in [2.75, 3.05) is 39.5 Å². The van der Waals surface area contributed by atoms with Crippen LogP contribution in [0.25, 0.3) is 0 Å². The van der Waals surface area contributed by atoms with Crippen LogP contribution in [0, 0.1) is 11.8 Å². The van der Waals surface area contributed by atoms with Crippen molar-refractivity contribution in [1.29, 1.82) is 0 Å². The first kappa shape index (κ1) is 45.1. The maximum absolute atomic E-state index is 13.2. The molecular weight excluding hydrogens is 634 g/mol. The molecule has 2 saturated heterocycles. The summed E-state index contributed by atoms with van der Waals surface area (Å²) in [7, 11) is 0. The van der Waals surface area contributed by atoms with Crippen LogP contribution in [0.5, 0.6) is 0 Å². The molecule has 51 heavy (non-hydrogen) atoms. The van der Waals surface area contributed by atoms with Gasteiger partial charge < -0.3 is 19.1 Å². The first-order valence-corrected chi connectivity index (χ1v) is 21.6. The smallest absolute Gasteiger partial charge is 0.306 e. The minimum atomic E-state index is -0.152. The molecular formula is C45H77NO5. The molecule has 2 aliphatic heterocycles. The van der Waals surface area contributed by atoms with Gasteiger partial charge in [0.2, 0.25) is 0 Å². The maximum atomic E-state index is 13.2. The zero-order valence-electron chi connectivity index (χ0n) is 33.3. The molecule has 6 heteroatoms. The van der Waals surface area contributed by atoms with Gasteiger partial charge in [0.25, 0.3) is 0 Å². The van der Waals surface area contributed by atoms with Crippen molar-refractivity contribution in [1.82, 2.24) is 4.90 Å². The summed E-state index contributed by atoms with van der Waals surface area (Å²) in [6, 6.07) is 0. The maximum Gasteiger partial charge on any atom is 0.306 e. The van der Waals surface area contributed by atoms with Crippen molar-refractivity contribution in [3.8, 4) is 0 Å². The summed E-state index contributed by atoms with van der Waals surface area (Å²) in [5.41, 5.74) is 10.0. The van der Waals surface area contributed by atoms with Gasteiger partial charge in [0.1, 0.15) is 0 Å². The normalized spacial score (nSPS) is 23.8. The summed E-state index contributed by atoms with van der Waals surface area (Å²) >= 11 is 0. The molecule has 2 rings (SSSR count). The largest absolute Gasteiger partial charge is 0.466 e. The third-order valence-corrected chi connectivity index (χ3v) is 10.9. The molecule has 0 saturated carbocycles. The number of carbonyl (C=O) groups is 2. The van der Waals surface area contributed by atoms with Gasteiger partial charge in [-0.1, -0.05) is 128 Å². The number of hydrogen-bond acceptors (Lipinski definition) is 6. The summed E-state index contributed by atoms with van der Waals surface area (Å²) < 4.78 is 18.1. The van der Waals surface area contributed by atoms with Crippen molar-refractivity contribution in [2.24, 2.45) is 11.8 Å². The van der Waals surface area contributed by atoms with Gasteiger partial charge in [-0.25, -0.2) is 0 Å². The molecule has 0 aromatic carbocycles. The lowest BCUT2D eigenvalue weighted by Crippen LogP contribution is -2.23. The molecule has 0 aromatic rings. The van der Waals surface area contributed by atoms with E-state index < -0.39 is 0 Å². The summed E-state index contributed by atoms with van der Waals surface area (Å²) in [4.78, 5) is 29.0. The number of rotatable bonds is 13. The van der Waals surface area contributed by atoms with E-state index >= 15 is 0 Å². The highest BCUT2D eigenvalue weighted by Gasteiger charge is 2.28. The number of hydrogen-bond donors (Lipinski definition) is 0. The van der Waals surface area contributed by atoms with Gasteiger partial charge in [-0.2, -0.15) is 0 Å². The lowest BCUT2D eigenvalue weighted by Gasteiger charge is -2.25. The number of esters is 2. The highest BCUT2D eigenvalue weighted by molar-refractivity contribution is 5.71. The van der Waals surface area contributed by atoms with Crippen LogP contribution in [0.15, 0.2) is 29.3 Å². The number of likely N-dealkylation sites (tertiary alicyclic amines) is 1. The Labute approximate surface area is 313 Å². The van der Waals surface area contributed by atoms with E-state index in [-0.39, 0.29) is 23.8 Å². The zero-order valence-corrected chi connectivity index (χ0v) is 33.3. The van der Waals surface area contributed by atoms with Gasteiger partial charge in [-0.05, 0) is 101 Å². The Morgan fingerprint density at radius 3 is 1.65 bits per heavy atom. The number of carbonyl (C=O) groups excluding carboxylic acids is 2. The molecule has 2 atom stereocenters. The monoisotopic (exact) mass is 712 g/mol. The summed E-state index contributed by atoms with van der Waals surface area (Å²) in [5.74, 6) is -0.385. The van der Waals surface area contributed by atoms with Crippen LogP contribution in [-0.2, 0) is 23.8 Å². The predicted molar refractivity (Wildman–Crippen MR) is 211 cm³/mol. The number of ether oxygens (including phenoxy) is 3. The molecule has 2 fully saturated rings. The molecule has 0 N–H and O–H groups in total. The molecule has 2 unspecified atom stereocenters. The quantitative estimate of drug-likeness (QED) is 0.108. The molecule has 0 aliphatic carbocycles. The van der Waals surface area contributed by atoms with Gasteiger partial charge in [-0.3, -0.25) is 9.59 Å². The molecule has 0 spiro atoms. The van der Waals surface area contributed by atoms with Crippen molar-refractivity contribution in [3.63, 3.8) is 0 Å². The first-order chi connectivity index (χ1) is 25.1. The van der Waals surface area contributed by atoms with Gasteiger partial charge in [0.15, 0.2) is 0 Å². The van der Waals surface area contributed by atoms with Crippen LogP contribution in [0.4, 0.5) is 0 Å². The minimum absolute atomic E-state index is 0.0410. The van der Waals surface area contributed by atoms with Gasteiger partial charge in [-0.15, -0.1) is 0 Å². The second kappa shape index (κ2) is 31.5. The van der Waals surface area contributed by atoms with Crippen LogP contribution in [0.1, 0.15) is 187 Å². The average Bonchev–Trinajstić information content (AvgIpc) is 3.65. The van der Waals surface area contributed by atoms with E-state index in [1.807, 2.05) is 0 Å². The first-order valence-electron chi connectivity index (χ1n) is 21.6. The third kappa shape index (κ3) is 23.3. The molecule has 6 nitrogen and oxygen atoms in total. The van der Waals surface area contributed by atoms with Crippen molar-refractivity contribution in [2.45, 2.75) is 193 Å². The number of cyclic esters (lactones) is 2. The van der Waals surface area contributed by atoms with E-state index in [0.29, 0.717) is 32.2 Å². The van der Waals surface area contributed by atoms with Crippen LogP contribution in [0.3, 0.4) is 0 Å². The Kier molecular flexibility index (Phi) is 27.8. The summed E-state index contributed by atoms with van der Waals surface area (Å²) in [6.07, 6.45) is 29.2. The molecule has 0 aromatic heterocycles. The number of nitrogens with zero attached hydrogens (tertiary/aromatic N) is 1. The Balaban J connectivity index is 2.02. The fourth-order valence-corrected chi connectivity index (χ4v) is 7.78. The van der Waals surface area contributed by atoms with Crippen LogP contribution in [0.2, 0.25) is 0 Å².